The standard InChI is InChI=1S/C25H28N4O5/c1-16(24(30)27-22-18-5-3-4-6-19(18)26-23(22)25(31)32-2)29-11-9-28(10-12-29)14-17-7-8-20-21(13-17)34-15-33-20/h3-8,13,16,26H,9-12,14-15H2,1-2H3,(H,27,30)/t16-/m0/s1. The number of piperazine rings is 1. The molecule has 34 heavy (non-hydrogen) atoms. The summed E-state index contributed by atoms with van der Waals surface area (Å²) in [7, 11) is 1.32. The zero-order chi connectivity index (χ0) is 23.7. The minimum atomic E-state index is -0.517. The number of aromatic nitrogens is 1. The fourth-order valence-corrected chi connectivity index (χ4v) is 4.53. The molecule has 0 radical (unpaired) electrons. The van der Waals surface area contributed by atoms with Crippen molar-refractivity contribution in [1.82, 2.24) is 14.8 Å². The molecule has 2 N–H and O–H groups in total. The molecule has 9 heteroatoms. The summed E-state index contributed by atoms with van der Waals surface area (Å²) < 4.78 is 15.8. The van der Waals surface area contributed by atoms with Crippen LogP contribution in [0.5, 0.6) is 11.5 Å². The Balaban J connectivity index is 1.21. The van der Waals surface area contributed by atoms with Gasteiger partial charge in [0.2, 0.25) is 12.7 Å². The van der Waals surface area contributed by atoms with Gasteiger partial charge in [-0.2, -0.15) is 0 Å². The van der Waals surface area contributed by atoms with Crippen LogP contribution in [0, 0.1) is 0 Å². The van der Waals surface area contributed by atoms with E-state index in [2.05, 4.69) is 26.2 Å². The SMILES string of the molecule is COC(=O)c1[nH]c2ccccc2c1NC(=O)[C@H](C)N1CCN(Cc2ccc3c(c2)OCO3)CC1. The molecule has 0 unspecified atom stereocenters. The van der Waals surface area contributed by atoms with E-state index in [0.29, 0.717) is 5.69 Å². The first kappa shape index (κ1) is 22.2. The first-order valence-corrected chi connectivity index (χ1v) is 11.4. The highest BCUT2D eigenvalue weighted by molar-refractivity contribution is 6.11. The minimum Gasteiger partial charge on any atom is -0.464 e. The maximum atomic E-state index is 13.1. The fraction of sp³-hybridized carbons (Fsp3) is 0.360. The average Bonchev–Trinajstić information content (AvgIpc) is 3.48. The number of rotatable bonds is 6. The number of para-hydroxylation sites is 1. The number of hydrogen-bond acceptors (Lipinski definition) is 7. The van der Waals surface area contributed by atoms with Crippen molar-refractivity contribution in [2.24, 2.45) is 0 Å². The van der Waals surface area contributed by atoms with E-state index in [1.54, 1.807) is 0 Å². The summed E-state index contributed by atoms with van der Waals surface area (Å²) in [5.74, 6) is 0.916. The lowest BCUT2D eigenvalue weighted by Gasteiger charge is -2.37. The quantitative estimate of drug-likeness (QED) is 0.542. The number of fused-ring (bicyclic) bond motifs is 2. The molecule has 3 heterocycles. The Morgan fingerprint density at radius 1 is 1.09 bits per heavy atom. The van der Waals surface area contributed by atoms with Crippen LogP contribution >= 0.6 is 0 Å². The molecule has 2 aliphatic heterocycles. The largest absolute Gasteiger partial charge is 0.464 e. The van der Waals surface area contributed by atoms with Crippen molar-refractivity contribution < 1.29 is 23.8 Å². The number of carbonyl (C=O) groups is 2. The summed E-state index contributed by atoms with van der Waals surface area (Å²) >= 11 is 0. The van der Waals surface area contributed by atoms with Crippen LogP contribution in [0.25, 0.3) is 10.9 Å². The summed E-state index contributed by atoms with van der Waals surface area (Å²) in [5.41, 5.74) is 2.65. The second kappa shape index (κ2) is 9.36. The van der Waals surface area contributed by atoms with Crippen molar-refractivity contribution in [3.05, 3.63) is 53.7 Å². The maximum absolute atomic E-state index is 13.1. The van der Waals surface area contributed by atoms with E-state index in [0.717, 1.165) is 55.1 Å². The lowest BCUT2D eigenvalue weighted by molar-refractivity contribution is -0.121. The molecular formula is C25H28N4O5. The lowest BCUT2D eigenvalue weighted by Crippen LogP contribution is -2.52. The number of nitrogens with zero attached hydrogens (tertiary/aromatic N) is 2. The lowest BCUT2D eigenvalue weighted by atomic mass is 10.1. The Kier molecular flexibility index (Phi) is 6.12. The van der Waals surface area contributed by atoms with Crippen LogP contribution in [0.3, 0.4) is 0 Å². The Bertz CT molecular complexity index is 1220. The third-order valence-corrected chi connectivity index (χ3v) is 6.52. The number of ether oxygens (including phenoxy) is 3. The molecule has 0 bridgehead atoms. The van der Waals surface area contributed by atoms with E-state index >= 15 is 0 Å². The third kappa shape index (κ3) is 4.32. The van der Waals surface area contributed by atoms with Crippen LogP contribution < -0.4 is 14.8 Å². The molecule has 9 nitrogen and oxygen atoms in total. The smallest absolute Gasteiger partial charge is 0.356 e. The van der Waals surface area contributed by atoms with Gasteiger partial charge in [-0.05, 0) is 30.7 Å². The van der Waals surface area contributed by atoms with Crippen LogP contribution in [-0.4, -0.2) is 72.8 Å². The molecule has 0 spiro atoms. The van der Waals surface area contributed by atoms with Crippen molar-refractivity contribution in [3.8, 4) is 11.5 Å². The van der Waals surface area contributed by atoms with Gasteiger partial charge in [0, 0.05) is 43.6 Å². The first-order chi connectivity index (χ1) is 16.5. The number of esters is 1. The van der Waals surface area contributed by atoms with Gasteiger partial charge >= 0.3 is 5.97 Å². The molecule has 3 aromatic rings. The molecule has 1 fully saturated rings. The predicted octanol–water partition coefficient (Wildman–Crippen LogP) is 2.83. The van der Waals surface area contributed by atoms with Gasteiger partial charge in [0.05, 0.1) is 18.8 Å². The molecule has 178 valence electrons. The van der Waals surface area contributed by atoms with Gasteiger partial charge in [-0.25, -0.2) is 4.79 Å². The number of amides is 1. The van der Waals surface area contributed by atoms with Gasteiger partial charge in [0.1, 0.15) is 5.69 Å². The van der Waals surface area contributed by atoms with E-state index in [1.807, 2.05) is 43.3 Å². The third-order valence-electron chi connectivity index (χ3n) is 6.52. The number of aromatic amines is 1. The van der Waals surface area contributed by atoms with Gasteiger partial charge in [-0.15, -0.1) is 0 Å². The Morgan fingerprint density at radius 2 is 1.85 bits per heavy atom. The van der Waals surface area contributed by atoms with Crippen molar-refractivity contribution in [2.75, 3.05) is 45.4 Å². The molecule has 1 aromatic heterocycles. The normalized spacial score (nSPS) is 17.0. The second-order valence-electron chi connectivity index (χ2n) is 8.58. The molecule has 0 aliphatic carbocycles. The molecule has 1 amide bonds. The first-order valence-electron chi connectivity index (χ1n) is 11.4. The van der Waals surface area contributed by atoms with Gasteiger partial charge in [0.15, 0.2) is 11.5 Å². The number of hydrogen-bond donors (Lipinski definition) is 2. The van der Waals surface area contributed by atoms with E-state index in [4.69, 9.17) is 14.2 Å². The van der Waals surface area contributed by atoms with Crippen LogP contribution in [0.2, 0.25) is 0 Å². The number of methoxy groups -OCH3 is 1. The molecule has 2 aliphatic rings. The molecule has 1 atom stereocenters. The van der Waals surface area contributed by atoms with Crippen LogP contribution in [0.4, 0.5) is 5.69 Å². The van der Waals surface area contributed by atoms with Crippen LogP contribution in [0.15, 0.2) is 42.5 Å². The summed E-state index contributed by atoms with van der Waals surface area (Å²) in [5, 5.41) is 3.74. The molecule has 2 aromatic carbocycles. The summed E-state index contributed by atoms with van der Waals surface area (Å²) in [4.78, 5) is 33.0. The fourth-order valence-electron chi connectivity index (χ4n) is 4.53. The van der Waals surface area contributed by atoms with Crippen LogP contribution in [-0.2, 0) is 16.1 Å². The zero-order valence-corrected chi connectivity index (χ0v) is 19.3. The minimum absolute atomic E-state index is 0.154. The van der Waals surface area contributed by atoms with E-state index in [-0.39, 0.29) is 24.4 Å². The average molecular weight is 465 g/mol. The van der Waals surface area contributed by atoms with Gasteiger partial charge in [-0.3, -0.25) is 14.6 Å². The number of carbonyl (C=O) groups excluding carboxylic acids is 2. The number of benzene rings is 2. The molecule has 5 rings (SSSR count). The summed E-state index contributed by atoms with van der Waals surface area (Å²) in [6.45, 7) is 6.25. The Morgan fingerprint density at radius 3 is 2.65 bits per heavy atom. The van der Waals surface area contributed by atoms with E-state index < -0.39 is 5.97 Å². The molecule has 0 saturated carbocycles. The van der Waals surface area contributed by atoms with Crippen molar-refractivity contribution >= 4 is 28.5 Å². The molecule has 1 saturated heterocycles. The predicted molar refractivity (Wildman–Crippen MR) is 127 cm³/mol. The van der Waals surface area contributed by atoms with Crippen molar-refractivity contribution in [1.29, 1.82) is 0 Å². The highest BCUT2D eigenvalue weighted by Gasteiger charge is 2.28. The topological polar surface area (TPSA) is 96.1 Å². The van der Waals surface area contributed by atoms with Crippen molar-refractivity contribution in [2.45, 2.75) is 19.5 Å². The maximum Gasteiger partial charge on any atom is 0.356 e. The van der Waals surface area contributed by atoms with Gasteiger partial charge < -0.3 is 24.5 Å². The number of nitrogens with one attached hydrogen (secondary N) is 2. The second-order valence-corrected chi connectivity index (χ2v) is 8.58. The van der Waals surface area contributed by atoms with E-state index in [9.17, 15) is 9.59 Å². The highest BCUT2D eigenvalue weighted by atomic mass is 16.7. The van der Waals surface area contributed by atoms with Crippen molar-refractivity contribution in [3.63, 3.8) is 0 Å². The van der Waals surface area contributed by atoms with E-state index in [1.165, 1.54) is 12.7 Å². The van der Waals surface area contributed by atoms with Gasteiger partial charge in [0.25, 0.3) is 0 Å². The summed E-state index contributed by atoms with van der Waals surface area (Å²) in [6, 6.07) is 13.2. The number of anilines is 1. The zero-order valence-electron chi connectivity index (χ0n) is 19.3. The van der Waals surface area contributed by atoms with Crippen LogP contribution in [0.1, 0.15) is 23.0 Å². The molecular weight excluding hydrogens is 436 g/mol. The Hall–Kier alpha value is -3.56. The number of H-pyrrole nitrogens is 1. The highest BCUT2D eigenvalue weighted by Crippen LogP contribution is 2.33. The Labute approximate surface area is 197 Å². The van der Waals surface area contributed by atoms with Gasteiger partial charge in [-0.1, -0.05) is 24.3 Å². The summed E-state index contributed by atoms with van der Waals surface area (Å²) in [6.07, 6.45) is 0. The monoisotopic (exact) mass is 464 g/mol.